The lowest BCUT2D eigenvalue weighted by Gasteiger charge is -2.07. The van der Waals surface area contributed by atoms with Gasteiger partial charge in [-0.2, -0.15) is 0 Å². The van der Waals surface area contributed by atoms with E-state index in [1.165, 1.54) is 0 Å². The number of nitrogens with zero attached hydrogens (tertiary/aromatic N) is 2. The Hall–Kier alpha value is -2.42. The second-order valence-electron chi connectivity index (χ2n) is 5.46. The Morgan fingerprint density at radius 3 is 2.75 bits per heavy atom. The minimum absolute atomic E-state index is 0.0778. The van der Waals surface area contributed by atoms with E-state index in [0.29, 0.717) is 24.2 Å². The zero-order chi connectivity index (χ0) is 16.7. The van der Waals surface area contributed by atoms with Crippen LogP contribution in [0.3, 0.4) is 0 Å². The lowest BCUT2D eigenvalue weighted by molar-refractivity contribution is 0.0800. The zero-order valence-corrected chi connectivity index (χ0v) is 14.6. The molecule has 2 aromatic carbocycles. The number of aromatic nitrogens is 2. The predicted molar refractivity (Wildman–Crippen MR) is 96.9 cm³/mol. The van der Waals surface area contributed by atoms with E-state index >= 15 is 0 Å². The van der Waals surface area contributed by atoms with E-state index in [0.717, 1.165) is 22.4 Å². The van der Waals surface area contributed by atoms with Crippen molar-refractivity contribution in [2.45, 2.75) is 6.54 Å². The summed E-state index contributed by atoms with van der Waals surface area (Å²) in [6, 6.07) is 12.7. The molecule has 0 bridgehead atoms. The Labute approximate surface area is 151 Å². The van der Waals surface area contributed by atoms with Gasteiger partial charge in [0.25, 0.3) is 5.91 Å². The van der Waals surface area contributed by atoms with Crippen LogP contribution in [-0.4, -0.2) is 28.0 Å². The van der Waals surface area contributed by atoms with Crippen molar-refractivity contribution in [3.05, 3.63) is 53.6 Å². The van der Waals surface area contributed by atoms with Crippen LogP contribution < -0.4 is 5.32 Å². The molecule has 0 aliphatic carbocycles. The summed E-state index contributed by atoms with van der Waals surface area (Å²) in [6.45, 7) is 1.19. The molecule has 0 unspecified atom stereocenters. The van der Waals surface area contributed by atoms with Crippen LogP contribution in [0.25, 0.3) is 22.4 Å². The number of nitrogens with one attached hydrogen (secondary N) is 1. The van der Waals surface area contributed by atoms with Crippen LogP contribution in [0.4, 0.5) is 0 Å². The predicted octanol–water partition coefficient (Wildman–Crippen LogP) is 2.95. The first kappa shape index (κ1) is 15.1. The van der Waals surface area contributed by atoms with E-state index < -0.39 is 0 Å². The maximum Gasteiger partial charge on any atom is 0.347 e. The summed E-state index contributed by atoms with van der Waals surface area (Å²) in [7, 11) is 0. The summed E-state index contributed by atoms with van der Waals surface area (Å²) in [6.07, 6.45) is 0. The van der Waals surface area contributed by atoms with Crippen LogP contribution in [-0.2, 0) is 9.61 Å². The molecule has 0 spiro atoms. The molecular formula is C17H12IN3O3. The van der Waals surface area contributed by atoms with Gasteiger partial charge in [0, 0.05) is 18.7 Å². The molecule has 1 aliphatic rings. The van der Waals surface area contributed by atoms with Crippen molar-refractivity contribution in [1.29, 1.82) is 0 Å². The van der Waals surface area contributed by atoms with Gasteiger partial charge < -0.3 is 13.0 Å². The first-order chi connectivity index (χ1) is 11.7. The number of carbonyl (C=O) groups is 2. The molecule has 2 heterocycles. The van der Waals surface area contributed by atoms with E-state index in [1.807, 2.05) is 34.9 Å². The highest BCUT2D eigenvalue weighted by Crippen LogP contribution is 2.28. The van der Waals surface area contributed by atoms with E-state index in [-0.39, 0.29) is 11.9 Å². The van der Waals surface area contributed by atoms with Gasteiger partial charge in [-0.3, -0.25) is 4.79 Å². The Balaban J connectivity index is 1.88. The van der Waals surface area contributed by atoms with Gasteiger partial charge in [0.1, 0.15) is 5.82 Å². The molecule has 3 aromatic rings. The fourth-order valence-corrected chi connectivity index (χ4v) is 3.24. The highest BCUT2D eigenvalue weighted by Gasteiger charge is 2.21. The number of rotatable bonds is 2. The summed E-state index contributed by atoms with van der Waals surface area (Å²) in [5, 5.41) is 2.90. The molecule has 24 heavy (non-hydrogen) atoms. The van der Waals surface area contributed by atoms with E-state index in [1.54, 1.807) is 35.1 Å². The van der Waals surface area contributed by atoms with Crippen LogP contribution in [0.5, 0.6) is 0 Å². The molecule has 6 nitrogen and oxygen atoms in total. The largest absolute Gasteiger partial charge is 0.391 e. The van der Waals surface area contributed by atoms with Gasteiger partial charge >= 0.3 is 5.97 Å². The van der Waals surface area contributed by atoms with E-state index in [4.69, 9.17) is 8.05 Å². The van der Waals surface area contributed by atoms with Crippen LogP contribution >= 0.6 is 23.0 Å². The van der Waals surface area contributed by atoms with Gasteiger partial charge in [0.15, 0.2) is 23.0 Å². The van der Waals surface area contributed by atoms with Crippen LogP contribution in [0.2, 0.25) is 0 Å². The summed E-state index contributed by atoms with van der Waals surface area (Å²) >= 11 is 1.57. The fraction of sp³-hybridized carbons (Fsp3) is 0.118. The molecule has 1 aliphatic heterocycles. The first-order valence-corrected chi connectivity index (χ1v) is 8.28. The maximum absolute atomic E-state index is 12.2. The average molecular weight is 433 g/mol. The van der Waals surface area contributed by atoms with Crippen molar-refractivity contribution in [2.75, 3.05) is 6.54 Å². The third kappa shape index (κ3) is 2.35. The molecule has 1 amide bonds. The normalized spacial score (nSPS) is 13.5. The smallest absolute Gasteiger partial charge is 0.347 e. The van der Waals surface area contributed by atoms with Gasteiger partial charge in [0.05, 0.1) is 22.2 Å². The lowest BCUT2D eigenvalue weighted by Crippen LogP contribution is -2.24. The molecule has 0 saturated carbocycles. The van der Waals surface area contributed by atoms with Gasteiger partial charge in [-0.05, 0) is 24.3 Å². The van der Waals surface area contributed by atoms with Gasteiger partial charge in [-0.15, -0.1) is 0 Å². The van der Waals surface area contributed by atoms with Gasteiger partial charge in [-0.25, -0.2) is 9.78 Å². The summed E-state index contributed by atoms with van der Waals surface area (Å²) in [5.74, 6) is 0.319. The van der Waals surface area contributed by atoms with Crippen molar-refractivity contribution in [2.24, 2.45) is 0 Å². The molecule has 120 valence electrons. The average Bonchev–Trinajstić information content (AvgIpc) is 2.90. The molecule has 0 radical (unpaired) electrons. The number of amides is 1. The van der Waals surface area contributed by atoms with Crippen molar-refractivity contribution < 1.29 is 12.7 Å². The van der Waals surface area contributed by atoms with Crippen molar-refractivity contribution in [3.63, 3.8) is 0 Å². The minimum atomic E-state index is -0.384. The van der Waals surface area contributed by atoms with Crippen LogP contribution in [0, 0.1) is 0 Å². The number of hydrogen-bond donors (Lipinski definition) is 1. The van der Waals surface area contributed by atoms with Crippen molar-refractivity contribution >= 4 is 45.9 Å². The Morgan fingerprint density at radius 2 is 2.00 bits per heavy atom. The number of benzene rings is 2. The molecule has 0 atom stereocenters. The fourth-order valence-electron chi connectivity index (χ4n) is 2.98. The highest BCUT2D eigenvalue weighted by atomic mass is 127. The summed E-state index contributed by atoms with van der Waals surface area (Å²) < 4.78 is 6.74. The Morgan fingerprint density at radius 1 is 1.21 bits per heavy atom. The minimum Gasteiger partial charge on any atom is -0.391 e. The second-order valence-corrected chi connectivity index (χ2v) is 5.90. The van der Waals surface area contributed by atoms with Crippen molar-refractivity contribution in [3.8, 4) is 11.4 Å². The van der Waals surface area contributed by atoms with Crippen LogP contribution in [0.15, 0.2) is 42.5 Å². The number of imidazole rings is 1. The SMILES string of the molecule is O=C(OI)c1ccc(-c2nc3cccc4c3n2CCNC4=O)cc1. The van der Waals surface area contributed by atoms with Gasteiger partial charge in [0.2, 0.25) is 0 Å². The molecule has 0 saturated heterocycles. The zero-order valence-electron chi connectivity index (χ0n) is 12.5. The number of halogens is 1. The monoisotopic (exact) mass is 433 g/mol. The third-order valence-corrected chi connectivity index (χ3v) is 4.48. The van der Waals surface area contributed by atoms with Gasteiger partial charge in [-0.1, -0.05) is 18.2 Å². The molecule has 4 rings (SSSR count). The lowest BCUT2D eigenvalue weighted by atomic mass is 10.1. The maximum atomic E-state index is 12.2. The third-order valence-electron chi connectivity index (χ3n) is 4.08. The molecule has 0 fully saturated rings. The van der Waals surface area contributed by atoms with E-state index in [2.05, 4.69) is 5.32 Å². The standard InChI is InChI=1S/C17H12IN3O3/c18-24-17(23)11-6-4-10(5-7-11)15-20-13-3-1-2-12-14(13)21(15)9-8-19-16(12)22/h1-7H,8-9H2,(H,19,22). The summed E-state index contributed by atoms with van der Waals surface area (Å²) in [5.41, 5.74) is 3.64. The first-order valence-electron chi connectivity index (χ1n) is 7.40. The van der Waals surface area contributed by atoms with E-state index in [9.17, 15) is 9.59 Å². The van der Waals surface area contributed by atoms with Crippen LogP contribution in [0.1, 0.15) is 20.7 Å². The topological polar surface area (TPSA) is 73.2 Å². The molecule has 1 aromatic heterocycles. The summed E-state index contributed by atoms with van der Waals surface area (Å²) in [4.78, 5) is 28.4. The Bertz CT molecular complexity index is 963. The molecule has 7 heteroatoms. The number of para-hydroxylation sites is 1. The molecular weight excluding hydrogens is 421 g/mol. The quantitative estimate of drug-likeness (QED) is 0.631. The molecule has 1 N–H and O–H groups in total. The highest BCUT2D eigenvalue weighted by molar-refractivity contribution is 14.1. The Kier molecular flexibility index (Phi) is 3.72. The number of hydrogen-bond acceptors (Lipinski definition) is 4. The number of carbonyl (C=O) groups excluding carboxylic acids is 2. The second kappa shape index (κ2) is 5.90. The van der Waals surface area contributed by atoms with Crippen molar-refractivity contribution in [1.82, 2.24) is 14.9 Å².